The van der Waals surface area contributed by atoms with Gasteiger partial charge in [0.05, 0.1) is 6.54 Å². The minimum atomic E-state index is 0. The first kappa shape index (κ1) is 18.2. The van der Waals surface area contributed by atoms with Crippen LogP contribution in [0.15, 0.2) is 30.3 Å². The third-order valence-electron chi connectivity index (χ3n) is 4.11. The van der Waals surface area contributed by atoms with Gasteiger partial charge in [0, 0.05) is 31.1 Å². The van der Waals surface area contributed by atoms with Crippen molar-refractivity contribution >= 4 is 30.7 Å². The summed E-state index contributed by atoms with van der Waals surface area (Å²) in [5, 5.41) is 3.36. The maximum atomic E-state index is 12.0. The van der Waals surface area contributed by atoms with E-state index in [0.717, 1.165) is 19.4 Å². The van der Waals surface area contributed by atoms with Crippen molar-refractivity contribution in [1.82, 2.24) is 10.2 Å². The zero-order valence-corrected chi connectivity index (χ0v) is 13.5. The number of halogens is 2. The van der Waals surface area contributed by atoms with Crippen molar-refractivity contribution in [3.63, 3.8) is 0 Å². The molecule has 3 rings (SSSR count). The van der Waals surface area contributed by atoms with Crippen LogP contribution >= 0.6 is 24.8 Å². The third-order valence-corrected chi connectivity index (χ3v) is 4.11. The Kier molecular flexibility index (Phi) is 6.94. The Morgan fingerprint density at radius 2 is 2.00 bits per heavy atom. The molecule has 6 heteroatoms. The Balaban J connectivity index is 0.00000110. The fourth-order valence-electron chi connectivity index (χ4n) is 2.83. The van der Waals surface area contributed by atoms with Crippen LogP contribution in [0.2, 0.25) is 0 Å². The summed E-state index contributed by atoms with van der Waals surface area (Å²) in [5.74, 6) is 0.765. The standard InChI is InChI=1S/C15H21N3O.2ClH/c16-12-6-7-18(10-12)15(19)9-17-14-8-13(14)11-4-2-1-3-5-11;;/h1-5,12-14,17H,6-10,16H2;2*1H/t12-,13?,14?;;/m0../s1. The highest BCUT2D eigenvalue weighted by molar-refractivity contribution is 5.85. The van der Waals surface area contributed by atoms with Crippen molar-refractivity contribution in [2.45, 2.75) is 30.8 Å². The van der Waals surface area contributed by atoms with Crippen LogP contribution in [0.25, 0.3) is 0 Å². The number of rotatable bonds is 4. The van der Waals surface area contributed by atoms with E-state index in [0.29, 0.717) is 25.0 Å². The molecule has 3 atom stereocenters. The zero-order valence-electron chi connectivity index (χ0n) is 11.9. The number of nitrogens with one attached hydrogen (secondary N) is 1. The molecule has 1 aliphatic carbocycles. The summed E-state index contributed by atoms with van der Waals surface area (Å²) in [4.78, 5) is 13.8. The minimum Gasteiger partial charge on any atom is -0.340 e. The molecule has 4 nitrogen and oxygen atoms in total. The lowest BCUT2D eigenvalue weighted by Crippen LogP contribution is -2.39. The lowest BCUT2D eigenvalue weighted by molar-refractivity contribution is -0.129. The second-order valence-electron chi connectivity index (χ2n) is 5.63. The number of carbonyl (C=O) groups excluding carboxylic acids is 1. The van der Waals surface area contributed by atoms with Gasteiger partial charge < -0.3 is 16.0 Å². The number of carbonyl (C=O) groups is 1. The molecule has 0 bridgehead atoms. The van der Waals surface area contributed by atoms with Crippen LogP contribution in [0.1, 0.15) is 24.3 Å². The van der Waals surface area contributed by atoms with Crippen LogP contribution in [0.5, 0.6) is 0 Å². The first-order chi connectivity index (χ1) is 9.24. The molecule has 2 fully saturated rings. The molecule has 1 amide bonds. The highest BCUT2D eigenvalue weighted by Gasteiger charge is 2.38. The molecule has 118 valence electrons. The predicted octanol–water partition coefficient (Wildman–Crippen LogP) is 1.54. The summed E-state index contributed by atoms with van der Waals surface area (Å²) >= 11 is 0. The number of nitrogens with two attached hydrogens (primary N) is 1. The van der Waals surface area contributed by atoms with E-state index in [1.54, 1.807) is 0 Å². The second-order valence-corrected chi connectivity index (χ2v) is 5.63. The van der Waals surface area contributed by atoms with Crippen LogP contribution in [0.3, 0.4) is 0 Å². The smallest absolute Gasteiger partial charge is 0.236 e. The molecule has 1 aromatic carbocycles. The van der Waals surface area contributed by atoms with E-state index in [-0.39, 0.29) is 36.8 Å². The maximum absolute atomic E-state index is 12.0. The van der Waals surface area contributed by atoms with Crippen molar-refractivity contribution in [3.05, 3.63) is 35.9 Å². The average Bonchev–Trinajstić information content (AvgIpc) is 3.09. The molecule has 0 radical (unpaired) electrons. The number of hydrogen-bond acceptors (Lipinski definition) is 3. The van der Waals surface area contributed by atoms with Gasteiger partial charge in [-0.2, -0.15) is 0 Å². The largest absolute Gasteiger partial charge is 0.340 e. The van der Waals surface area contributed by atoms with Gasteiger partial charge in [0.2, 0.25) is 5.91 Å². The highest BCUT2D eigenvalue weighted by atomic mass is 35.5. The van der Waals surface area contributed by atoms with Crippen molar-refractivity contribution in [2.75, 3.05) is 19.6 Å². The van der Waals surface area contributed by atoms with Crippen LogP contribution in [0, 0.1) is 0 Å². The maximum Gasteiger partial charge on any atom is 0.236 e. The van der Waals surface area contributed by atoms with Gasteiger partial charge in [-0.05, 0) is 18.4 Å². The lowest BCUT2D eigenvalue weighted by Gasteiger charge is -2.16. The summed E-state index contributed by atoms with van der Waals surface area (Å²) in [6, 6.07) is 11.1. The quantitative estimate of drug-likeness (QED) is 0.879. The molecule has 0 aromatic heterocycles. The topological polar surface area (TPSA) is 58.4 Å². The number of nitrogens with zero attached hydrogens (tertiary/aromatic N) is 1. The average molecular weight is 332 g/mol. The van der Waals surface area contributed by atoms with Gasteiger partial charge in [-0.3, -0.25) is 4.79 Å². The van der Waals surface area contributed by atoms with Crippen molar-refractivity contribution in [2.24, 2.45) is 5.73 Å². The Hall–Kier alpha value is -0.810. The molecule has 2 unspecified atom stereocenters. The van der Waals surface area contributed by atoms with Crippen molar-refractivity contribution in [1.29, 1.82) is 0 Å². The second kappa shape index (κ2) is 7.99. The first-order valence-electron chi connectivity index (χ1n) is 7.05. The van der Waals surface area contributed by atoms with Crippen molar-refractivity contribution < 1.29 is 4.79 Å². The molecule has 1 saturated carbocycles. The van der Waals surface area contributed by atoms with Gasteiger partial charge in [-0.1, -0.05) is 30.3 Å². The van der Waals surface area contributed by atoms with Gasteiger partial charge in [-0.15, -0.1) is 24.8 Å². The fraction of sp³-hybridized carbons (Fsp3) is 0.533. The summed E-state index contributed by atoms with van der Waals surface area (Å²) in [7, 11) is 0. The van der Waals surface area contributed by atoms with Gasteiger partial charge in [-0.25, -0.2) is 0 Å². The third kappa shape index (κ3) is 4.58. The summed E-state index contributed by atoms with van der Waals surface area (Å²) < 4.78 is 0. The normalized spacial score (nSPS) is 26.7. The number of likely N-dealkylation sites (tertiary alicyclic amines) is 1. The molecule has 21 heavy (non-hydrogen) atoms. The number of amides is 1. The van der Waals surface area contributed by atoms with E-state index >= 15 is 0 Å². The molecule has 1 aromatic rings. The summed E-state index contributed by atoms with van der Waals surface area (Å²) in [5.41, 5.74) is 7.19. The number of hydrogen-bond donors (Lipinski definition) is 2. The van der Waals surface area contributed by atoms with E-state index in [1.807, 2.05) is 11.0 Å². The minimum absolute atomic E-state index is 0. The number of benzene rings is 1. The lowest BCUT2D eigenvalue weighted by atomic mass is 10.1. The first-order valence-corrected chi connectivity index (χ1v) is 7.05. The Morgan fingerprint density at radius 3 is 2.62 bits per heavy atom. The van der Waals surface area contributed by atoms with E-state index in [9.17, 15) is 4.79 Å². The van der Waals surface area contributed by atoms with E-state index < -0.39 is 0 Å². The Morgan fingerprint density at radius 1 is 1.29 bits per heavy atom. The molecular formula is C15H23Cl2N3O. The molecule has 1 heterocycles. The van der Waals surface area contributed by atoms with E-state index in [1.165, 1.54) is 5.56 Å². The molecule has 1 saturated heterocycles. The van der Waals surface area contributed by atoms with E-state index in [4.69, 9.17) is 5.73 Å². The Bertz CT molecular complexity index is 457. The predicted molar refractivity (Wildman–Crippen MR) is 89.3 cm³/mol. The zero-order chi connectivity index (χ0) is 13.2. The summed E-state index contributed by atoms with van der Waals surface area (Å²) in [6.07, 6.45) is 2.07. The molecular weight excluding hydrogens is 309 g/mol. The molecule has 2 aliphatic rings. The molecule has 1 aliphatic heterocycles. The monoisotopic (exact) mass is 331 g/mol. The SMILES string of the molecule is Cl.Cl.N[C@H]1CCN(C(=O)CNC2CC2c2ccccc2)C1. The van der Waals surface area contributed by atoms with Crippen LogP contribution < -0.4 is 11.1 Å². The van der Waals surface area contributed by atoms with Gasteiger partial charge in [0.1, 0.15) is 0 Å². The summed E-state index contributed by atoms with van der Waals surface area (Å²) in [6.45, 7) is 1.97. The van der Waals surface area contributed by atoms with Crippen molar-refractivity contribution in [3.8, 4) is 0 Å². The van der Waals surface area contributed by atoms with E-state index in [2.05, 4.69) is 29.6 Å². The van der Waals surface area contributed by atoms with Crippen LogP contribution in [-0.4, -0.2) is 42.5 Å². The Labute approximate surface area is 138 Å². The van der Waals surface area contributed by atoms with Gasteiger partial charge in [0.25, 0.3) is 0 Å². The van der Waals surface area contributed by atoms with Gasteiger partial charge in [0.15, 0.2) is 0 Å². The molecule has 3 N–H and O–H groups in total. The fourth-order valence-corrected chi connectivity index (χ4v) is 2.83. The van der Waals surface area contributed by atoms with Gasteiger partial charge >= 0.3 is 0 Å². The van der Waals surface area contributed by atoms with Crippen LogP contribution in [0.4, 0.5) is 0 Å². The highest BCUT2D eigenvalue weighted by Crippen LogP contribution is 2.40. The van der Waals surface area contributed by atoms with Crippen LogP contribution in [-0.2, 0) is 4.79 Å². The molecule has 0 spiro atoms.